The van der Waals surface area contributed by atoms with Crippen molar-refractivity contribution in [1.82, 2.24) is 29.2 Å². The zero-order valence-corrected chi connectivity index (χ0v) is 27.2. The third kappa shape index (κ3) is 7.09. The third-order valence-electron chi connectivity index (χ3n) is 9.09. The van der Waals surface area contributed by atoms with Gasteiger partial charge in [-0.2, -0.15) is 18.2 Å². The van der Waals surface area contributed by atoms with Crippen molar-refractivity contribution in [3.05, 3.63) is 129 Å². The van der Waals surface area contributed by atoms with E-state index in [-0.39, 0.29) is 11.4 Å². The summed E-state index contributed by atoms with van der Waals surface area (Å²) in [5, 5.41) is 9.90. The first-order valence-corrected chi connectivity index (χ1v) is 17.0. The van der Waals surface area contributed by atoms with E-state index in [1.807, 2.05) is 24.3 Å². The molecule has 1 saturated carbocycles. The Balaban J connectivity index is 1.19. The van der Waals surface area contributed by atoms with Crippen LogP contribution in [0, 0.1) is 5.82 Å². The van der Waals surface area contributed by atoms with Crippen LogP contribution in [0.4, 0.5) is 17.6 Å². The van der Waals surface area contributed by atoms with Crippen LogP contribution in [0.5, 0.6) is 0 Å². The molecule has 1 fully saturated rings. The summed E-state index contributed by atoms with van der Waals surface area (Å²) < 4.78 is 56.9. The average molecular weight is 675 g/mol. The molecule has 248 valence electrons. The van der Waals surface area contributed by atoms with Crippen molar-refractivity contribution in [1.29, 1.82) is 0 Å². The van der Waals surface area contributed by atoms with Gasteiger partial charge in [-0.05, 0) is 85.7 Å². The molecule has 3 aromatic carbocycles. The van der Waals surface area contributed by atoms with E-state index < -0.39 is 11.7 Å². The normalized spacial score (nSPS) is 14.5. The lowest BCUT2D eigenvalue weighted by Crippen LogP contribution is -2.25. The summed E-state index contributed by atoms with van der Waals surface area (Å²) in [4.78, 5) is 19.8. The van der Waals surface area contributed by atoms with Crippen LogP contribution < -0.4 is 5.56 Å². The van der Waals surface area contributed by atoms with Gasteiger partial charge in [0.15, 0.2) is 11.0 Å². The molecule has 48 heavy (non-hydrogen) atoms. The molecule has 2 aromatic heterocycles. The maximum Gasteiger partial charge on any atom is 0.416 e. The Morgan fingerprint density at radius 1 is 0.833 bits per heavy atom. The SMILES string of the molecule is CN(Cc1nnc(Cn2c(SCc3ccc(F)cc3)nc(=O)c3c2CCC3)n1Cc1ccc(-c2ccc(C(F)(F)F)cc2)cc1)C1CC1. The van der Waals surface area contributed by atoms with E-state index in [4.69, 9.17) is 0 Å². The van der Waals surface area contributed by atoms with E-state index in [2.05, 4.69) is 36.3 Å². The van der Waals surface area contributed by atoms with Gasteiger partial charge in [0, 0.05) is 23.1 Å². The smallest absolute Gasteiger partial charge is 0.316 e. The van der Waals surface area contributed by atoms with E-state index in [1.165, 1.54) is 36.0 Å². The van der Waals surface area contributed by atoms with Gasteiger partial charge in [-0.1, -0.05) is 60.3 Å². The fraction of sp³-hybridized carbons (Fsp3) is 0.333. The summed E-state index contributed by atoms with van der Waals surface area (Å²) in [5.41, 5.74) is 4.31. The third-order valence-corrected chi connectivity index (χ3v) is 10.1. The summed E-state index contributed by atoms with van der Waals surface area (Å²) in [6.45, 7) is 1.51. The van der Waals surface area contributed by atoms with E-state index in [0.29, 0.717) is 48.6 Å². The molecular weight excluding hydrogens is 640 g/mol. The molecule has 0 amide bonds. The number of nitrogens with zero attached hydrogens (tertiary/aromatic N) is 6. The quantitative estimate of drug-likeness (QED) is 0.0844. The highest BCUT2D eigenvalue weighted by molar-refractivity contribution is 7.98. The Kier molecular flexibility index (Phi) is 8.95. The van der Waals surface area contributed by atoms with Gasteiger partial charge in [-0.25, -0.2) is 4.39 Å². The lowest BCUT2D eigenvalue weighted by Gasteiger charge is -2.19. The van der Waals surface area contributed by atoms with Crippen LogP contribution in [0.15, 0.2) is 82.7 Å². The number of aromatic nitrogens is 5. The van der Waals surface area contributed by atoms with Gasteiger partial charge < -0.3 is 9.13 Å². The molecule has 7 nitrogen and oxygen atoms in total. The lowest BCUT2D eigenvalue weighted by atomic mass is 10.0. The van der Waals surface area contributed by atoms with Gasteiger partial charge in [-0.15, -0.1) is 10.2 Å². The number of alkyl halides is 3. The monoisotopic (exact) mass is 674 g/mol. The predicted molar refractivity (Wildman–Crippen MR) is 176 cm³/mol. The zero-order valence-electron chi connectivity index (χ0n) is 26.4. The van der Waals surface area contributed by atoms with Crippen molar-refractivity contribution in [2.75, 3.05) is 7.05 Å². The summed E-state index contributed by atoms with van der Waals surface area (Å²) in [7, 11) is 2.10. The van der Waals surface area contributed by atoms with E-state index in [0.717, 1.165) is 77.4 Å². The van der Waals surface area contributed by atoms with Gasteiger partial charge in [0.05, 0.1) is 25.2 Å². The van der Waals surface area contributed by atoms with Crippen LogP contribution in [-0.2, 0) is 44.4 Å². The molecule has 12 heteroatoms. The Morgan fingerprint density at radius 3 is 2.15 bits per heavy atom. The molecule has 2 heterocycles. The van der Waals surface area contributed by atoms with Gasteiger partial charge >= 0.3 is 6.18 Å². The minimum Gasteiger partial charge on any atom is -0.316 e. The molecule has 0 N–H and O–H groups in total. The topological polar surface area (TPSA) is 68.8 Å². The summed E-state index contributed by atoms with van der Waals surface area (Å²) in [5.74, 6) is 1.80. The second-order valence-corrected chi connectivity index (χ2v) is 13.5. The zero-order chi connectivity index (χ0) is 33.4. The summed E-state index contributed by atoms with van der Waals surface area (Å²) in [6.07, 6.45) is 0.290. The van der Waals surface area contributed by atoms with Gasteiger partial charge in [0.2, 0.25) is 0 Å². The molecule has 7 rings (SSSR count). The Bertz CT molecular complexity index is 1970. The van der Waals surface area contributed by atoms with Crippen molar-refractivity contribution in [2.24, 2.45) is 0 Å². The second-order valence-electron chi connectivity index (χ2n) is 12.5. The highest BCUT2D eigenvalue weighted by atomic mass is 32.2. The maximum atomic E-state index is 13.5. The first kappa shape index (κ1) is 32.3. The standard InChI is InChI=1S/C36H34F4N6OS/c1-44(29-17-18-29)20-32-42-43-33(46(32)19-23-5-9-25(10-6-23)26-11-13-27(14-12-26)36(38,39)40)21-45-31-4-2-3-30(31)34(47)41-35(45)48-22-24-7-15-28(37)16-8-24/h5-16,29H,2-4,17-22H2,1H3. The average Bonchev–Trinajstić information content (AvgIpc) is 3.71. The van der Waals surface area contributed by atoms with Crippen LogP contribution in [-0.4, -0.2) is 42.3 Å². The number of thioether (sulfide) groups is 1. The van der Waals surface area contributed by atoms with Crippen molar-refractivity contribution in [3.63, 3.8) is 0 Å². The molecule has 0 saturated heterocycles. The molecule has 0 atom stereocenters. The van der Waals surface area contributed by atoms with Crippen molar-refractivity contribution in [2.45, 2.75) is 74.9 Å². The highest BCUT2D eigenvalue weighted by Gasteiger charge is 2.30. The molecule has 5 aromatic rings. The fourth-order valence-corrected chi connectivity index (χ4v) is 7.19. The fourth-order valence-electron chi connectivity index (χ4n) is 6.22. The Labute approximate surface area is 279 Å². The summed E-state index contributed by atoms with van der Waals surface area (Å²) >= 11 is 1.45. The number of hydrogen-bond donors (Lipinski definition) is 0. The van der Waals surface area contributed by atoms with Crippen LogP contribution in [0.3, 0.4) is 0 Å². The predicted octanol–water partition coefficient (Wildman–Crippen LogP) is 7.13. The molecule has 2 aliphatic rings. The van der Waals surface area contributed by atoms with Crippen LogP contribution in [0.1, 0.15) is 58.9 Å². The van der Waals surface area contributed by atoms with E-state index in [1.54, 1.807) is 12.1 Å². The first-order chi connectivity index (χ1) is 23.1. The largest absolute Gasteiger partial charge is 0.416 e. The summed E-state index contributed by atoms with van der Waals surface area (Å²) in [6, 6.07) is 19.8. The molecule has 0 radical (unpaired) electrons. The lowest BCUT2D eigenvalue weighted by molar-refractivity contribution is -0.137. The molecule has 0 aliphatic heterocycles. The van der Waals surface area contributed by atoms with Crippen LogP contribution in [0.25, 0.3) is 11.1 Å². The van der Waals surface area contributed by atoms with Gasteiger partial charge in [-0.3, -0.25) is 9.69 Å². The van der Waals surface area contributed by atoms with Crippen molar-refractivity contribution in [3.8, 4) is 11.1 Å². The maximum absolute atomic E-state index is 13.5. The number of rotatable bonds is 11. The van der Waals surface area contributed by atoms with Crippen molar-refractivity contribution < 1.29 is 17.6 Å². The minimum atomic E-state index is -4.38. The highest BCUT2D eigenvalue weighted by Crippen LogP contribution is 2.32. The van der Waals surface area contributed by atoms with Gasteiger partial charge in [0.1, 0.15) is 11.6 Å². The first-order valence-electron chi connectivity index (χ1n) is 16.0. The van der Waals surface area contributed by atoms with Crippen molar-refractivity contribution >= 4 is 11.8 Å². The molecule has 0 spiro atoms. The Morgan fingerprint density at radius 2 is 1.48 bits per heavy atom. The molecule has 0 bridgehead atoms. The second kappa shape index (κ2) is 13.3. The number of halogens is 4. The Hall–Kier alpha value is -4.29. The van der Waals surface area contributed by atoms with E-state index >= 15 is 0 Å². The van der Waals surface area contributed by atoms with E-state index in [9.17, 15) is 22.4 Å². The minimum absolute atomic E-state index is 0.193. The number of benzene rings is 3. The molecule has 0 unspecified atom stereocenters. The number of hydrogen-bond acceptors (Lipinski definition) is 6. The van der Waals surface area contributed by atoms with Gasteiger partial charge in [0.25, 0.3) is 5.56 Å². The number of fused-ring (bicyclic) bond motifs is 1. The van der Waals surface area contributed by atoms with Crippen LogP contribution in [0.2, 0.25) is 0 Å². The van der Waals surface area contributed by atoms with Crippen LogP contribution >= 0.6 is 11.8 Å². The molecule has 2 aliphatic carbocycles. The molecular formula is C36H34F4N6OS.